The standard InChI is InChI=1S/C32H38F2N2O4.HI/c1-36(2,3)25-15-13-24(14-16-25)23-30(37)35-21-8-6-4-5-7-9-22-39-26-17-19-27(20-18-26)40-32(38)28-11-10-12-29(33)31(28)34;/h10-20H,4-9,21-23H2,1-3H3;1H. The fourth-order valence-electron chi connectivity index (χ4n) is 4.09. The van der Waals surface area contributed by atoms with Crippen LogP contribution in [0.1, 0.15) is 54.4 Å². The molecule has 0 unspecified atom stereocenters. The zero-order valence-corrected chi connectivity index (χ0v) is 26.1. The van der Waals surface area contributed by atoms with Crippen LogP contribution in [0, 0.1) is 11.6 Å². The van der Waals surface area contributed by atoms with Crippen molar-refractivity contribution in [1.82, 2.24) is 9.80 Å². The van der Waals surface area contributed by atoms with Gasteiger partial charge in [0, 0.05) is 6.54 Å². The summed E-state index contributed by atoms with van der Waals surface area (Å²) in [6.07, 6.45) is 6.60. The smallest absolute Gasteiger partial charge is 0.346 e. The van der Waals surface area contributed by atoms with Gasteiger partial charge in [0.15, 0.2) is 11.6 Å². The maximum atomic E-state index is 13.7. The first-order valence-electron chi connectivity index (χ1n) is 13.7. The first-order chi connectivity index (χ1) is 19.1. The summed E-state index contributed by atoms with van der Waals surface area (Å²) >= 11 is 0. The number of nitrogens with one attached hydrogen (secondary N) is 1. The van der Waals surface area contributed by atoms with Crippen molar-refractivity contribution in [2.24, 2.45) is 0 Å². The Morgan fingerprint density at radius 1 is 0.780 bits per heavy atom. The van der Waals surface area contributed by atoms with Gasteiger partial charge in [-0.3, -0.25) is 9.28 Å². The number of benzene rings is 3. The number of esters is 1. The lowest BCUT2D eigenvalue weighted by Gasteiger charge is -2.23. The van der Waals surface area contributed by atoms with Crippen LogP contribution in [0.5, 0.6) is 11.5 Å². The van der Waals surface area contributed by atoms with E-state index in [1.54, 1.807) is 24.3 Å². The minimum absolute atomic E-state index is 0. The topological polar surface area (TPSA) is 64.6 Å². The third-order valence-electron chi connectivity index (χ3n) is 6.44. The molecule has 0 heterocycles. The van der Waals surface area contributed by atoms with E-state index in [1.165, 1.54) is 17.8 Å². The van der Waals surface area contributed by atoms with Crippen molar-refractivity contribution < 1.29 is 51.8 Å². The van der Waals surface area contributed by atoms with Gasteiger partial charge in [-0.1, -0.05) is 43.9 Å². The molecule has 0 aliphatic heterocycles. The van der Waals surface area contributed by atoms with Gasteiger partial charge in [-0.25, -0.2) is 13.6 Å². The quantitative estimate of drug-likeness (QED) is 0.0879. The molecule has 41 heavy (non-hydrogen) atoms. The van der Waals surface area contributed by atoms with Gasteiger partial charge in [-0.15, -0.1) is 0 Å². The first-order valence-corrected chi connectivity index (χ1v) is 13.7. The number of halogens is 3. The number of unbranched alkanes of at least 4 members (excludes halogenated alkanes) is 5. The van der Waals surface area contributed by atoms with Crippen LogP contribution in [0.15, 0.2) is 66.7 Å². The molecule has 222 valence electrons. The molecule has 0 fully saturated rings. The fraction of sp³-hybridized carbons (Fsp3) is 0.375. The Labute approximate surface area is 258 Å². The highest BCUT2D eigenvalue weighted by atomic mass is 127. The molecule has 0 saturated heterocycles. The predicted molar refractivity (Wildman–Crippen MR) is 154 cm³/mol. The molecular formula is C32H39F2IN2O4. The number of carbonyl (C=O) groups excluding carboxylic acids is 2. The van der Waals surface area contributed by atoms with Gasteiger partial charge in [0.05, 0.1) is 39.7 Å². The third kappa shape index (κ3) is 11.8. The van der Waals surface area contributed by atoms with Crippen molar-refractivity contribution in [3.8, 4) is 11.5 Å². The fourth-order valence-corrected chi connectivity index (χ4v) is 4.09. The lowest BCUT2D eigenvalue weighted by atomic mass is 10.1. The van der Waals surface area contributed by atoms with Crippen LogP contribution in [-0.4, -0.2) is 46.2 Å². The monoisotopic (exact) mass is 680 g/mol. The molecule has 0 aliphatic carbocycles. The molecule has 1 N–H and O–H groups in total. The largest absolute Gasteiger partial charge is 1.00 e. The molecule has 3 aromatic carbocycles. The van der Waals surface area contributed by atoms with Gasteiger partial charge < -0.3 is 38.8 Å². The van der Waals surface area contributed by atoms with Crippen molar-refractivity contribution in [2.75, 3.05) is 34.3 Å². The number of carbonyl (C=O) groups is 2. The Hall–Kier alpha value is -3.05. The molecule has 0 radical (unpaired) electrons. The van der Waals surface area contributed by atoms with Gasteiger partial charge in [-0.2, -0.15) is 0 Å². The minimum Gasteiger partial charge on any atom is -1.00 e. The van der Waals surface area contributed by atoms with E-state index in [1.807, 2.05) is 12.1 Å². The summed E-state index contributed by atoms with van der Waals surface area (Å²) < 4.78 is 38.6. The van der Waals surface area contributed by atoms with Gasteiger partial charge in [-0.05, 0) is 66.9 Å². The summed E-state index contributed by atoms with van der Waals surface area (Å²) in [5.74, 6) is -2.39. The van der Waals surface area contributed by atoms with Crippen LogP contribution in [0.3, 0.4) is 0 Å². The molecule has 0 aromatic heterocycles. The molecule has 0 spiro atoms. The van der Waals surface area contributed by atoms with Gasteiger partial charge in [0.1, 0.15) is 17.2 Å². The van der Waals surface area contributed by atoms with Crippen molar-refractivity contribution in [3.05, 3.63) is 89.5 Å². The Kier molecular flexibility index (Phi) is 14.2. The maximum Gasteiger partial charge on any atom is 0.346 e. The van der Waals surface area contributed by atoms with Crippen LogP contribution in [0.4, 0.5) is 14.5 Å². The number of hydrogen-bond acceptors (Lipinski definition) is 4. The molecule has 0 aliphatic rings. The summed E-state index contributed by atoms with van der Waals surface area (Å²) in [6, 6.07) is 18.0. The lowest BCUT2D eigenvalue weighted by molar-refractivity contribution is -0.120. The van der Waals surface area contributed by atoms with E-state index in [4.69, 9.17) is 9.47 Å². The lowest BCUT2D eigenvalue weighted by Crippen LogP contribution is -3.00. The minimum atomic E-state index is -1.23. The Bertz CT molecular complexity index is 1250. The maximum absolute atomic E-state index is 13.7. The van der Waals surface area contributed by atoms with Crippen molar-refractivity contribution in [3.63, 3.8) is 0 Å². The Morgan fingerprint density at radius 2 is 1.39 bits per heavy atom. The first kappa shape index (κ1) is 34.2. The zero-order chi connectivity index (χ0) is 29.0. The second kappa shape index (κ2) is 17.0. The van der Waals surface area contributed by atoms with Crippen LogP contribution < -0.4 is 43.3 Å². The van der Waals surface area contributed by atoms with E-state index >= 15 is 0 Å². The Morgan fingerprint density at radius 3 is 2.05 bits per heavy atom. The van der Waals surface area contributed by atoms with Crippen LogP contribution in [-0.2, 0) is 11.2 Å². The molecule has 0 bridgehead atoms. The normalized spacial score (nSPS) is 11.0. The van der Waals surface area contributed by atoms with E-state index < -0.39 is 23.2 Å². The zero-order valence-electron chi connectivity index (χ0n) is 23.9. The molecule has 1 amide bonds. The van der Waals surface area contributed by atoms with E-state index in [0.29, 0.717) is 25.3 Å². The van der Waals surface area contributed by atoms with E-state index in [0.717, 1.165) is 54.6 Å². The molecule has 3 rings (SSSR count). The van der Waals surface area contributed by atoms with E-state index in [9.17, 15) is 18.4 Å². The highest BCUT2D eigenvalue weighted by Gasteiger charge is 2.17. The SMILES string of the molecule is C[N+](C)(C)c1ccc(CC(=O)NCCCCCCCCOc2ccc(OC(=O)c3cccc(F)c3F)cc2)cc1.[I-]. The Balaban J connectivity index is 0.00000588. The summed E-state index contributed by atoms with van der Waals surface area (Å²) in [5, 5.41) is 3.01. The van der Waals surface area contributed by atoms with Crippen molar-refractivity contribution in [2.45, 2.75) is 44.9 Å². The van der Waals surface area contributed by atoms with Crippen LogP contribution in [0.2, 0.25) is 0 Å². The highest BCUT2D eigenvalue weighted by Crippen LogP contribution is 2.21. The average Bonchev–Trinajstić information content (AvgIpc) is 2.92. The molecular weight excluding hydrogens is 641 g/mol. The van der Waals surface area contributed by atoms with Crippen molar-refractivity contribution >= 4 is 17.6 Å². The van der Waals surface area contributed by atoms with Gasteiger partial charge >= 0.3 is 5.97 Å². The van der Waals surface area contributed by atoms with Gasteiger partial charge in [0.25, 0.3) is 0 Å². The average molecular weight is 681 g/mol. The van der Waals surface area contributed by atoms with Gasteiger partial charge in [0.2, 0.25) is 5.91 Å². The summed E-state index contributed by atoms with van der Waals surface area (Å²) in [7, 11) is 6.35. The number of rotatable bonds is 15. The molecule has 9 heteroatoms. The van der Waals surface area contributed by atoms with Crippen LogP contribution >= 0.6 is 0 Å². The molecule has 6 nitrogen and oxygen atoms in total. The molecule has 3 aromatic rings. The predicted octanol–water partition coefficient (Wildman–Crippen LogP) is 3.46. The summed E-state index contributed by atoms with van der Waals surface area (Å²) in [5.41, 5.74) is 1.77. The number of hydrogen-bond donors (Lipinski definition) is 1. The third-order valence-corrected chi connectivity index (χ3v) is 6.44. The van der Waals surface area contributed by atoms with E-state index in [2.05, 4.69) is 38.6 Å². The number of ether oxygens (including phenoxy) is 2. The highest BCUT2D eigenvalue weighted by molar-refractivity contribution is 5.91. The second-order valence-corrected chi connectivity index (χ2v) is 10.6. The van der Waals surface area contributed by atoms with Crippen molar-refractivity contribution in [1.29, 1.82) is 0 Å². The summed E-state index contributed by atoms with van der Waals surface area (Å²) in [6.45, 7) is 1.26. The van der Waals surface area contributed by atoms with Crippen LogP contribution in [0.25, 0.3) is 0 Å². The number of amides is 1. The summed E-state index contributed by atoms with van der Waals surface area (Å²) in [4.78, 5) is 24.3. The second-order valence-electron chi connectivity index (χ2n) is 10.6. The van der Waals surface area contributed by atoms with E-state index in [-0.39, 0.29) is 35.6 Å². The number of nitrogens with zero attached hydrogens (tertiary/aromatic N) is 1. The number of quaternary nitrogens is 1. The molecule has 0 atom stereocenters. The molecule has 0 saturated carbocycles.